The molecule has 0 radical (unpaired) electrons. The molecule has 0 fully saturated rings. The molecule has 3 N–H and O–H groups in total. The van der Waals surface area contributed by atoms with Gasteiger partial charge in [0.2, 0.25) is 0 Å². The van der Waals surface area contributed by atoms with Crippen LogP contribution in [0.2, 0.25) is 0 Å². The molecule has 78 valence electrons. The molecule has 0 saturated heterocycles. The van der Waals surface area contributed by atoms with Gasteiger partial charge in [-0.15, -0.1) is 11.3 Å². The molecule has 6 heteroatoms. The standard InChI is InChI=1S/C8H12N2O2S2/c9-7(8(11)12)1-2-13-4-6-3-10-5-14-6/h3,5,7H,1-2,4,9H2,(H,11,12). The van der Waals surface area contributed by atoms with Crippen molar-refractivity contribution in [2.24, 2.45) is 5.73 Å². The average molecular weight is 232 g/mol. The molecule has 0 saturated carbocycles. The van der Waals surface area contributed by atoms with Gasteiger partial charge < -0.3 is 10.8 Å². The number of thiazole rings is 1. The Morgan fingerprint density at radius 3 is 3.14 bits per heavy atom. The quantitative estimate of drug-likeness (QED) is 0.720. The van der Waals surface area contributed by atoms with Crippen LogP contribution in [0.1, 0.15) is 11.3 Å². The van der Waals surface area contributed by atoms with E-state index in [1.165, 1.54) is 4.88 Å². The zero-order valence-electron chi connectivity index (χ0n) is 7.55. The highest BCUT2D eigenvalue weighted by Gasteiger charge is 2.10. The number of carboxylic acids is 1. The van der Waals surface area contributed by atoms with Gasteiger partial charge in [0.05, 0.1) is 5.51 Å². The summed E-state index contributed by atoms with van der Waals surface area (Å²) in [6, 6.07) is -0.732. The Bertz CT molecular complexity index is 277. The van der Waals surface area contributed by atoms with E-state index in [2.05, 4.69) is 4.98 Å². The van der Waals surface area contributed by atoms with E-state index >= 15 is 0 Å². The van der Waals surface area contributed by atoms with Crippen molar-refractivity contribution >= 4 is 29.1 Å². The number of hydrogen-bond donors (Lipinski definition) is 2. The molecule has 1 heterocycles. The normalized spacial score (nSPS) is 12.6. The Labute approximate surface area is 90.5 Å². The van der Waals surface area contributed by atoms with E-state index < -0.39 is 12.0 Å². The predicted molar refractivity (Wildman–Crippen MR) is 58.5 cm³/mol. The molecule has 1 atom stereocenters. The minimum absolute atomic E-state index is 0.513. The lowest BCUT2D eigenvalue weighted by molar-refractivity contribution is -0.138. The second kappa shape index (κ2) is 6.00. The average Bonchev–Trinajstić information content (AvgIpc) is 2.64. The number of aromatic nitrogens is 1. The van der Waals surface area contributed by atoms with Crippen molar-refractivity contribution in [3.8, 4) is 0 Å². The molecular weight excluding hydrogens is 220 g/mol. The van der Waals surface area contributed by atoms with E-state index in [1.54, 1.807) is 28.6 Å². The first-order valence-corrected chi connectivity index (χ1v) is 6.17. The van der Waals surface area contributed by atoms with Crippen LogP contribution in [0.3, 0.4) is 0 Å². The van der Waals surface area contributed by atoms with Crippen molar-refractivity contribution < 1.29 is 9.90 Å². The largest absolute Gasteiger partial charge is 0.480 e. The Kier molecular flexibility index (Phi) is 4.92. The Morgan fingerprint density at radius 1 is 1.79 bits per heavy atom. The molecule has 0 aliphatic rings. The smallest absolute Gasteiger partial charge is 0.320 e. The van der Waals surface area contributed by atoms with Gasteiger partial charge in [-0.2, -0.15) is 11.8 Å². The van der Waals surface area contributed by atoms with E-state index in [0.29, 0.717) is 6.42 Å². The molecule has 4 nitrogen and oxygen atoms in total. The Hall–Kier alpha value is -0.590. The third-order valence-electron chi connectivity index (χ3n) is 1.62. The van der Waals surface area contributed by atoms with Crippen molar-refractivity contribution in [3.63, 3.8) is 0 Å². The summed E-state index contributed by atoms with van der Waals surface area (Å²) in [6.45, 7) is 0. The maximum absolute atomic E-state index is 10.4. The molecule has 1 unspecified atom stereocenters. The fourth-order valence-electron chi connectivity index (χ4n) is 0.820. The number of nitrogens with two attached hydrogens (primary N) is 1. The third-order valence-corrected chi connectivity index (χ3v) is 3.62. The lowest BCUT2D eigenvalue weighted by Gasteiger charge is -2.04. The molecule has 0 aliphatic carbocycles. The highest BCUT2D eigenvalue weighted by molar-refractivity contribution is 7.98. The topological polar surface area (TPSA) is 76.2 Å². The minimum atomic E-state index is -0.927. The van der Waals surface area contributed by atoms with Crippen molar-refractivity contribution in [3.05, 3.63) is 16.6 Å². The Morgan fingerprint density at radius 2 is 2.57 bits per heavy atom. The maximum atomic E-state index is 10.4. The van der Waals surface area contributed by atoms with Gasteiger partial charge in [0.15, 0.2) is 0 Å². The summed E-state index contributed by atoms with van der Waals surface area (Å²) in [5, 5.41) is 8.52. The lowest BCUT2D eigenvalue weighted by atomic mass is 10.2. The lowest BCUT2D eigenvalue weighted by Crippen LogP contribution is -2.30. The van der Waals surface area contributed by atoms with Crippen molar-refractivity contribution in [1.29, 1.82) is 0 Å². The summed E-state index contributed by atoms with van der Waals surface area (Å²) in [6.07, 6.45) is 2.34. The molecule has 0 spiro atoms. The van der Waals surface area contributed by atoms with Crippen LogP contribution in [0.15, 0.2) is 11.7 Å². The Balaban J connectivity index is 2.08. The van der Waals surface area contributed by atoms with Gasteiger partial charge >= 0.3 is 5.97 Å². The van der Waals surface area contributed by atoms with Crippen LogP contribution in [0.4, 0.5) is 0 Å². The monoisotopic (exact) mass is 232 g/mol. The van der Waals surface area contributed by atoms with Gasteiger partial charge in [0.25, 0.3) is 0 Å². The number of hydrogen-bond acceptors (Lipinski definition) is 5. The van der Waals surface area contributed by atoms with Crippen LogP contribution in [-0.2, 0) is 10.5 Å². The van der Waals surface area contributed by atoms with E-state index in [4.69, 9.17) is 10.8 Å². The summed E-state index contributed by atoms with van der Waals surface area (Å²) in [7, 11) is 0. The summed E-state index contributed by atoms with van der Waals surface area (Å²) in [4.78, 5) is 15.5. The third kappa shape index (κ3) is 4.08. The zero-order valence-corrected chi connectivity index (χ0v) is 9.18. The van der Waals surface area contributed by atoms with Gasteiger partial charge in [-0.05, 0) is 12.2 Å². The highest BCUT2D eigenvalue weighted by atomic mass is 32.2. The van der Waals surface area contributed by atoms with Gasteiger partial charge in [-0.25, -0.2) is 0 Å². The van der Waals surface area contributed by atoms with Crippen molar-refractivity contribution in [2.75, 3.05) is 5.75 Å². The van der Waals surface area contributed by atoms with Crippen LogP contribution in [0, 0.1) is 0 Å². The molecule has 1 rings (SSSR count). The van der Waals surface area contributed by atoms with Crippen molar-refractivity contribution in [1.82, 2.24) is 4.98 Å². The number of nitrogens with zero attached hydrogens (tertiary/aromatic N) is 1. The van der Waals surface area contributed by atoms with E-state index in [1.807, 2.05) is 6.20 Å². The second-order valence-corrected chi connectivity index (χ2v) is 4.83. The fourth-order valence-corrected chi connectivity index (χ4v) is 2.56. The zero-order chi connectivity index (χ0) is 10.4. The first-order chi connectivity index (χ1) is 6.70. The van der Waals surface area contributed by atoms with E-state index in [0.717, 1.165) is 11.5 Å². The molecule has 0 aromatic carbocycles. The van der Waals surface area contributed by atoms with Crippen LogP contribution in [-0.4, -0.2) is 27.9 Å². The summed E-state index contributed by atoms with van der Waals surface area (Å²) in [5.74, 6) is 0.728. The maximum Gasteiger partial charge on any atom is 0.320 e. The van der Waals surface area contributed by atoms with Crippen LogP contribution in [0.5, 0.6) is 0 Å². The number of carboxylic acid groups (broad SMARTS) is 1. The first kappa shape index (κ1) is 11.5. The number of aliphatic carboxylic acids is 1. The molecule has 1 aromatic rings. The summed E-state index contributed by atoms with van der Waals surface area (Å²) < 4.78 is 0. The van der Waals surface area contributed by atoms with Gasteiger partial charge in [-0.1, -0.05) is 0 Å². The van der Waals surface area contributed by atoms with Gasteiger partial charge in [-0.3, -0.25) is 9.78 Å². The van der Waals surface area contributed by atoms with Crippen LogP contribution in [0.25, 0.3) is 0 Å². The number of carbonyl (C=O) groups is 1. The first-order valence-electron chi connectivity index (χ1n) is 4.13. The minimum Gasteiger partial charge on any atom is -0.480 e. The fraction of sp³-hybridized carbons (Fsp3) is 0.500. The molecule has 0 bridgehead atoms. The SMILES string of the molecule is NC(CCSCc1cncs1)C(=O)O. The van der Waals surface area contributed by atoms with Crippen LogP contribution >= 0.6 is 23.1 Å². The molecule has 0 aliphatic heterocycles. The van der Waals surface area contributed by atoms with E-state index in [9.17, 15) is 4.79 Å². The van der Waals surface area contributed by atoms with E-state index in [-0.39, 0.29) is 0 Å². The second-order valence-electron chi connectivity index (χ2n) is 2.75. The number of thioether (sulfide) groups is 1. The molecule has 14 heavy (non-hydrogen) atoms. The molecular formula is C8H12N2O2S2. The molecule has 0 amide bonds. The summed E-state index contributed by atoms with van der Waals surface area (Å²) >= 11 is 3.29. The molecule has 1 aromatic heterocycles. The predicted octanol–water partition coefficient (Wildman–Crippen LogP) is 1.18. The van der Waals surface area contributed by atoms with Gasteiger partial charge in [0, 0.05) is 16.8 Å². The number of rotatable bonds is 6. The highest BCUT2D eigenvalue weighted by Crippen LogP contribution is 2.16. The summed E-state index contributed by atoms with van der Waals surface area (Å²) in [5.41, 5.74) is 7.14. The van der Waals surface area contributed by atoms with Crippen LogP contribution < -0.4 is 5.73 Å². The van der Waals surface area contributed by atoms with Crippen molar-refractivity contribution in [2.45, 2.75) is 18.2 Å². The van der Waals surface area contributed by atoms with Gasteiger partial charge in [0.1, 0.15) is 6.04 Å².